The van der Waals surface area contributed by atoms with Crippen molar-refractivity contribution >= 4 is 11.6 Å². The van der Waals surface area contributed by atoms with Gasteiger partial charge < -0.3 is 9.72 Å². The molecule has 0 amide bonds. The number of ether oxygens (including phenoxy) is 1. The van der Waals surface area contributed by atoms with Gasteiger partial charge in [-0.3, -0.25) is 0 Å². The van der Waals surface area contributed by atoms with Crippen LogP contribution in [0.25, 0.3) is 11.3 Å². The van der Waals surface area contributed by atoms with Crippen LogP contribution in [0, 0.1) is 13.8 Å². The lowest BCUT2D eigenvalue weighted by Crippen LogP contribution is -1.92. The number of aryl methyl sites for hydroxylation is 2. The Morgan fingerprint density at radius 1 is 1.29 bits per heavy atom. The molecule has 0 spiro atoms. The summed E-state index contributed by atoms with van der Waals surface area (Å²) >= 11 is 5.72. The smallest absolute Gasteiger partial charge is 0.124 e. The average molecular weight is 251 g/mol. The van der Waals surface area contributed by atoms with Crippen LogP contribution in [0.4, 0.5) is 0 Å². The summed E-state index contributed by atoms with van der Waals surface area (Å²) in [7, 11) is 1.69. The number of nitrogens with one attached hydrogen (secondary N) is 1. The van der Waals surface area contributed by atoms with Crippen molar-refractivity contribution in [3.05, 3.63) is 35.3 Å². The van der Waals surface area contributed by atoms with Gasteiger partial charge >= 0.3 is 0 Å². The van der Waals surface area contributed by atoms with E-state index >= 15 is 0 Å². The maximum Gasteiger partial charge on any atom is 0.124 e. The Morgan fingerprint density at radius 2 is 1.94 bits per heavy atom. The average Bonchev–Trinajstić information content (AvgIpc) is 2.77. The summed E-state index contributed by atoms with van der Waals surface area (Å²) in [4.78, 5) is 7.38. The molecule has 1 N–H and O–H groups in total. The Hall–Kier alpha value is -1.48. The standard InChI is InChI=1S/C13H15ClN2O/c1-8-4-10(5-9(2)13(8)17-3)11-7-15-12(6-14)16-11/h4-5,7H,6H2,1-3H3,(H,15,16). The van der Waals surface area contributed by atoms with Gasteiger partial charge in [-0.2, -0.15) is 0 Å². The number of aromatic amines is 1. The fourth-order valence-electron chi connectivity index (χ4n) is 2.00. The zero-order valence-electron chi connectivity index (χ0n) is 10.2. The molecule has 1 aromatic heterocycles. The second-order valence-electron chi connectivity index (χ2n) is 4.02. The van der Waals surface area contributed by atoms with Crippen LogP contribution in [-0.2, 0) is 5.88 Å². The number of imidazole rings is 1. The molecular formula is C13H15ClN2O. The molecule has 0 saturated carbocycles. The molecule has 0 unspecified atom stereocenters. The second-order valence-corrected chi connectivity index (χ2v) is 4.29. The summed E-state index contributed by atoms with van der Waals surface area (Å²) in [6.45, 7) is 4.07. The Balaban J connectivity index is 2.46. The maximum absolute atomic E-state index is 5.72. The Morgan fingerprint density at radius 3 is 2.41 bits per heavy atom. The van der Waals surface area contributed by atoms with E-state index in [2.05, 4.69) is 22.1 Å². The fraction of sp³-hybridized carbons (Fsp3) is 0.308. The van der Waals surface area contributed by atoms with Crippen LogP contribution in [0.1, 0.15) is 17.0 Å². The van der Waals surface area contributed by atoms with Gasteiger partial charge in [-0.05, 0) is 37.1 Å². The van der Waals surface area contributed by atoms with Crippen LogP contribution in [0.15, 0.2) is 18.3 Å². The number of H-pyrrole nitrogens is 1. The molecule has 0 aliphatic carbocycles. The van der Waals surface area contributed by atoms with Crippen molar-refractivity contribution < 1.29 is 4.74 Å². The number of nitrogens with zero attached hydrogens (tertiary/aromatic N) is 1. The van der Waals surface area contributed by atoms with Crippen LogP contribution in [-0.4, -0.2) is 17.1 Å². The zero-order valence-corrected chi connectivity index (χ0v) is 10.9. The molecule has 90 valence electrons. The van der Waals surface area contributed by atoms with E-state index in [1.54, 1.807) is 13.3 Å². The molecule has 0 radical (unpaired) electrons. The van der Waals surface area contributed by atoms with Crippen LogP contribution < -0.4 is 4.74 Å². The van der Waals surface area contributed by atoms with Gasteiger partial charge in [0, 0.05) is 5.56 Å². The first kappa shape index (κ1) is 12.0. The summed E-state index contributed by atoms with van der Waals surface area (Å²) in [6, 6.07) is 4.16. The predicted octanol–water partition coefficient (Wildman–Crippen LogP) is 3.44. The number of alkyl halides is 1. The van der Waals surface area contributed by atoms with Gasteiger partial charge in [-0.15, -0.1) is 11.6 Å². The lowest BCUT2D eigenvalue weighted by molar-refractivity contribution is 0.408. The molecule has 4 heteroatoms. The van der Waals surface area contributed by atoms with E-state index in [-0.39, 0.29) is 0 Å². The van der Waals surface area contributed by atoms with Gasteiger partial charge in [0.1, 0.15) is 11.6 Å². The van der Waals surface area contributed by atoms with Gasteiger partial charge in [-0.25, -0.2) is 4.98 Å². The molecule has 0 saturated heterocycles. The summed E-state index contributed by atoms with van der Waals surface area (Å²) in [5, 5.41) is 0. The molecule has 0 fully saturated rings. The molecular weight excluding hydrogens is 236 g/mol. The molecule has 17 heavy (non-hydrogen) atoms. The van der Waals surface area contributed by atoms with E-state index in [0.717, 1.165) is 34.0 Å². The van der Waals surface area contributed by atoms with E-state index in [1.165, 1.54) is 0 Å². The number of hydrogen-bond donors (Lipinski definition) is 1. The van der Waals surface area contributed by atoms with E-state index < -0.39 is 0 Å². The van der Waals surface area contributed by atoms with E-state index in [0.29, 0.717) is 5.88 Å². The highest BCUT2D eigenvalue weighted by Crippen LogP contribution is 2.29. The molecule has 2 rings (SSSR count). The lowest BCUT2D eigenvalue weighted by Gasteiger charge is -2.10. The quantitative estimate of drug-likeness (QED) is 0.848. The molecule has 2 aromatic rings. The van der Waals surface area contributed by atoms with Gasteiger partial charge in [0.15, 0.2) is 0 Å². The number of methoxy groups -OCH3 is 1. The minimum atomic E-state index is 0.397. The van der Waals surface area contributed by atoms with Gasteiger partial charge in [0.25, 0.3) is 0 Å². The van der Waals surface area contributed by atoms with Crippen molar-refractivity contribution in [3.63, 3.8) is 0 Å². The third kappa shape index (κ3) is 2.29. The lowest BCUT2D eigenvalue weighted by atomic mass is 10.0. The fourth-order valence-corrected chi connectivity index (χ4v) is 2.14. The van der Waals surface area contributed by atoms with Crippen LogP contribution in [0.2, 0.25) is 0 Å². The van der Waals surface area contributed by atoms with Crippen molar-refractivity contribution in [1.29, 1.82) is 0 Å². The van der Waals surface area contributed by atoms with E-state index in [1.807, 2.05) is 13.8 Å². The van der Waals surface area contributed by atoms with Crippen molar-refractivity contribution in [3.8, 4) is 17.0 Å². The number of halogens is 1. The largest absolute Gasteiger partial charge is 0.496 e. The van der Waals surface area contributed by atoms with Gasteiger partial charge in [0.2, 0.25) is 0 Å². The molecule has 0 aliphatic rings. The number of benzene rings is 1. The van der Waals surface area contributed by atoms with Crippen molar-refractivity contribution in [2.45, 2.75) is 19.7 Å². The Kier molecular flexibility index (Phi) is 3.38. The first-order valence-electron chi connectivity index (χ1n) is 5.41. The molecule has 0 atom stereocenters. The highest BCUT2D eigenvalue weighted by atomic mass is 35.5. The molecule has 1 heterocycles. The summed E-state index contributed by atoms with van der Waals surface area (Å²) in [5.74, 6) is 2.12. The van der Waals surface area contributed by atoms with Crippen molar-refractivity contribution in [2.24, 2.45) is 0 Å². The van der Waals surface area contributed by atoms with Crippen LogP contribution in [0.3, 0.4) is 0 Å². The monoisotopic (exact) mass is 250 g/mol. The number of aromatic nitrogens is 2. The highest BCUT2D eigenvalue weighted by molar-refractivity contribution is 6.16. The number of rotatable bonds is 3. The van der Waals surface area contributed by atoms with Crippen LogP contribution >= 0.6 is 11.6 Å². The first-order chi connectivity index (χ1) is 8.15. The second kappa shape index (κ2) is 4.80. The SMILES string of the molecule is COc1c(C)cc(-c2cnc(CCl)[nH]2)cc1C. The minimum Gasteiger partial charge on any atom is -0.496 e. The predicted molar refractivity (Wildman–Crippen MR) is 69.6 cm³/mol. The molecule has 0 aliphatic heterocycles. The van der Waals surface area contributed by atoms with Crippen molar-refractivity contribution in [2.75, 3.05) is 7.11 Å². The topological polar surface area (TPSA) is 37.9 Å². The third-order valence-electron chi connectivity index (χ3n) is 2.73. The summed E-state index contributed by atoms with van der Waals surface area (Å²) in [5.41, 5.74) is 4.31. The normalized spacial score (nSPS) is 10.6. The summed E-state index contributed by atoms with van der Waals surface area (Å²) in [6.07, 6.45) is 1.80. The molecule has 3 nitrogen and oxygen atoms in total. The summed E-state index contributed by atoms with van der Waals surface area (Å²) < 4.78 is 5.35. The minimum absolute atomic E-state index is 0.397. The highest BCUT2D eigenvalue weighted by Gasteiger charge is 2.08. The van der Waals surface area contributed by atoms with E-state index in [9.17, 15) is 0 Å². The molecule has 1 aromatic carbocycles. The van der Waals surface area contributed by atoms with Gasteiger partial charge in [-0.1, -0.05) is 0 Å². The van der Waals surface area contributed by atoms with Crippen molar-refractivity contribution in [1.82, 2.24) is 9.97 Å². The zero-order chi connectivity index (χ0) is 12.4. The van der Waals surface area contributed by atoms with Crippen LogP contribution in [0.5, 0.6) is 5.75 Å². The first-order valence-corrected chi connectivity index (χ1v) is 5.94. The Labute approximate surface area is 106 Å². The Bertz CT molecular complexity index is 511. The van der Waals surface area contributed by atoms with Gasteiger partial charge in [0.05, 0.1) is 24.9 Å². The molecule has 0 bridgehead atoms. The number of hydrogen-bond acceptors (Lipinski definition) is 2. The maximum atomic E-state index is 5.72. The third-order valence-corrected chi connectivity index (χ3v) is 2.98. The van der Waals surface area contributed by atoms with E-state index in [4.69, 9.17) is 16.3 Å².